The summed E-state index contributed by atoms with van der Waals surface area (Å²) in [4.78, 5) is 0. The van der Waals surface area contributed by atoms with E-state index in [1.54, 1.807) is 12.1 Å². The van der Waals surface area contributed by atoms with E-state index in [-0.39, 0.29) is 6.61 Å². The summed E-state index contributed by atoms with van der Waals surface area (Å²) in [5.41, 5.74) is 1.81. The lowest BCUT2D eigenvalue weighted by Crippen LogP contribution is -2.54. The van der Waals surface area contributed by atoms with E-state index in [9.17, 15) is 4.39 Å². The van der Waals surface area contributed by atoms with Crippen LogP contribution in [-0.4, -0.2) is 12.6 Å². The van der Waals surface area contributed by atoms with Gasteiger partial charge in [0.25, 0.3) is 0 Å². The smallest absolute Gasteiger partial charge is 0.180 e. The predicted molar refractivity (Wildman–Crippen MR) is 135 cm³/mol. The molecular formula is C28H34Cl2FNO2. The van der Waals surface area contributed by atoms with Gasteiger partial charge in [0.05, 0.1) is 16.7 Å². The molecule has 0 radical (unpaired) electrons. The first-order valence-corrected chi connectivity index (χ1v) is 13.4. The van der Waals surface area contributed by atoms with Gasteiger partial charge in [0.1, 0.15) is 12.4 Å². The fourth-order valence-electron chi connectivity index (χ4n) is 7.14. The Bertz CT molecular complexity index is 988. The lowest BCUT2D eigenvalue weighted by molar-refractivity contribution is -0.0706. The third kappa shape index (κ3) is 4.79. The van der Waals surface area contributed by atoms with E-state index in [4.69, 9.17) is 32.7 Å². The average molecular weight is 506 g/mol. The molecule has 4 bridgehead atoms. The number of nitrogens with one attached hydrogen (secondary N) is 1. The fraction of sp³-hybridized carbons (Fsp3) is 0.571. The molecule has 1 unspecified atom stereocenters. The lowest BCUT2D eigenvalue weighted by atomic mass is 9.48. The molecule has 0 amide bonds. The van der Waals surface area contributed by atoms with E-state index in [2.05, 4.69) is 12.2 Å². The van der Waals surface area contributed by atoms with Crippen LogP contribution < -0.4 is 14.8 Å². The summed E-state index contributed by atoms with van der Waals surface area (Å²) in [6, 6.07) is 8.96. The largest absolute Gasteiger partial charge is 0.490 e. The van der Waals surface area contributed by atoms with Gasteiger partial charge in [-0.15, -0.1) is 0 Å². The zero-order valence-corrected chi connectivity index (χ0v) is 21.5. The van der Waals surface area contributed by atoms with E-state index in [1.165, 1.54) is 44.6 Å². The fourth-order valence-corrected chi connectivity index (χ4v) is 7.64. The molecule has 4 fully saturated rings. The molecule has 4 aliphatic carbocycles. The summed E-state index contributed by atoms with van der Waals surface area (Å²) in [5.74, 6) is 3.40. The number of hydrogen-bond donors (Lipinski definition) is 1. The number of halogens is 3. The van der Waals surface area contributed by atoms with Crippen LogP contribution in [0.2, 0.25) is 10.0 Å². The molecule has 0 aromatic heterocycles. The van der Waals surface area contributed by atoms with Gasteiger partial charge < -0.3 is 14.8 Å². The van der Waals surface area contributed by atoms with Crippen LogP contribution >= 0.6 is 23.2 Å². The van der Waals surface area contributed by atoms with Gasteiger partial charge in [0.15, 0.2) is 11.5 Å². The van der Waals surface area contributed by atoms with E-state index >= 15 is 0 Å². The minimum absolute atomic E-state index is 0.0219. The van der Waals surface area contributed by atoms with Crippen molar-refractivity contribution in [2.24, 2.45) is 23.2 Å². The summed E-state index contributed by atoms with van der Waals surface area (Å²) in [6.07, 6.45) is 8.51. The Balaban J connectivity index is 1.28. The van der Waals surface area contributed by atoms with Gasteiger partial charge in [-0.1, -0.05) is 29.3 Å². The van der Waals surface area contributed by atoms with Gasteiger partial charge in [-0.2, -0.15) is 0 Å². The second-order valence-corrected chi connectivity index (χ2v) is 11.5. The van der Waals surface area contributed by atoms with Crippen molar-refractivity contribution in [1.82, 2.24) is 5.32 Å². The van der Waals surface area contributed by atoms with Gasteiger partial charge in [-0.05, 0) is 105 Å². The summed E-state index contributed by atoms with van der Waals surface area (Å²) in [5, 5.41) is 4.61. The van der Waals surface area contributed by atoms with Crippen molar-refractivity contribution < 1.29 is 13.9 Å². The van der Waals surface area contributed by atoms with E-state index in [0.717, 1.165) is 29.9 Å². The number of benzene rings is 2. The molecular weight excluding hydrogens is 472 g/mol. The van der Waals surface area contributed by atoms with E-state index < -0.39 is 5.82 Å². The van der Waals surface area contributed by atoms with Crippen molar-refractivity contribution in [1.29, 1.82) is 0 Å². The molecule has 0 spiro atoms. The number of rotatable bonds is 9. The molecule has 2 aromatic rings. The Morgan fingerprint density at radius 3 is 2.32 bits per heavy atom. The third-order valence-corrected chi connectivity index (χ3v) is 9.04. The minimum Gasteiger partial charge on any atom is -0.490 e. The Labute approximate surface area is 212 Å². The van der Waals surface area contributed by atoms with Crippen LogP contribution in [0, 0.1) is 29.0 Å². The molecule has 4 aliphatic rings. The maximum absolute atomic E-state index is 14.2. The van der Waals surface area contributed by atoms with Crippen LogP contribution in [0.3, 0.4) is 0 Å². The quantitative estimate of drug-likeness (QED) is 0.376. The standard InChI is InChI=1S/C28H34Cl2FNO2/c1-3-33-26-11-21(10-24(30)27(26)34-16-22-23(29)5-4-6-25(22)31)15-32-17(2)28-12-18-7-19(13-28)9-20(8-18)14-28/h4-6,10-11,17-20,32H,3,7-9,12-16H2,1-2H3. The highest BCUT2D eigenvalue weighted by molar-refractivity contribution is 6.32. The van der Waals surface area contributed by atoms with Crippen molar-refractivity contribution >= 4 is 23.2 Å². The normalized spacial score (nSPS) is 28.2. The van der Waals surface area contributed by atoms with E-state index in [0.29, 0.717) is 45.2 Å². The predicted octanol–water partition coefficient (Wildman–Crippen LogP) is 7.80. The maximum atomic E-state index is 14.2. The molecule has 34 heavy (non-hydrogen) atoms. The monoisotopic (exact) mass is 505 g/mol. The van der Waals surface area contributed by atoms with Crippen molar-refractivity contribution in [3.63, 3.8) is 0 Å². The van der Waals surface area contributed by atoms with Crippen molar-refractivity contribution in [3.05, 3.63) is 57.3 Å². The maximum Gasteiger partial charge on any atom is 0.180 e. The Hall–Kier alpha value is -1.49. The van der Waals surface area contributed by atoms with Crippen molar-refractivity contribution in [2.75, 3.05) is 6.61 Å². The first-order chi connectivity index (χ1) is 16.4. The highest BCUT2D eigenvalue weighted by Crippen LogP contribution is 2.61. The minimum atomic E-state index is -0.402. The zero-order chi connectivity index (χ0) is 23.9. The summed E-state index contributed by atoms with van der Waals surface area (Å²) in [7, 11) is 0. The molecule has 6 heteroatoms. The molecule has 0 aliphatic heterocycles. The SMILES string of the molecule is CCOc1cc(CNC(C)C23CC4CC(CC(C4)C2)C3)cc(Cl)c1OCc1c(F)cccc1Cl. The van der Waals surface area contributed by atoms with Crippen LogP contribution in [0.1, 0.15) is 63.5 Å². The molecule has 4 saturated carbocycles. The van der Waals surface area contributed by atoms with Crippen molar-refractivity contribution in [3.8, 4) is 11.5 Å². The molecule has 3 nitrogen and oxygen atoms in total. The Kier molecular flexibility index (Phi) is 7.03. The summed E-state index contributed by atoms with van der Waals surface area (Å²) < 4.78 is 25.9. The zero-order valence-electron chi connectivity index (χ0n) is 20.0. The Morgan fingerprint density at radius 2 is 1.71 bits per heavy atom. The van der Waals surface area contributed by atoms with Gasteiger partial charge in [-0.25, -0.2) is 4.39 Å². The van der Waals surface area contributed by atoms with Gasteiger partial charge in [0.2, 0.25) is 0 Å². The molecule has 1 atom stereocenters. The van der Waals surface area contributed by atoms with Crippen molar-refractivity contribution in [2.45, 2.75) is 71.6 Å². The lowest BCUT2D eigenvalue weighted by Gasteiger charge is -2.59. The average Bonchev–Trinajstić information content (AvgIpc) is 2.77. The molecule has 1 N–H and O–H groups in total. The van der Waals surface area contributed by atoms with Gasteiger partial charge in [0, 0.05) is 18.2 Å². The van der Waals surface area contributed by atoms with Crippen LogP contribution in [-0.2, 0) is 13.2 Å². The highest BCUT2D eigenvalue weighted by atomic mass is 35.5. The second-order valence-electron chi connectivity index (χ2n) is 10.7. The second kappa shape index (κ2) is 9.87. The van der Waals surface area contributed by atoms with Crippen LogP contribution in [0.15, 0.2) is 30.3 Å². The van der Waals surface area contributed by atoms with Gasteiger partial charge in [-0.3, -0.25) is 0 Å². The first-order valence-electron chi connectivity index (χ1n) is 12.6. The Morgan fingerprint density at radius 1 is 1.03 bits per heavy atom. The van der Waals surface area contributed by atoms with Crippen LogP contribution in [0.5, 0.6) is 11.5 Å². The first kappa shape index (κ1) is 24.2. The number of hydrogen-bond acceptors (Lipinski definition) is 3. The molecule has 0 saturated heterocycles. The summed E-state index contributed by atoms with van der Waals surface area (Å²) >= 11 is 12.8. The topological polar surface area (TPSA) is 30.5 Å². The summed E-state index contributed by atoms with van der Waals surface area (Å²) in [6.45, 7) is 5.47. The molecule has 6 rings (SSSR count). The molecule has 2 aromatic carbocycles. The third-order valence-electron chi connectivity index (χ3n) is 8.41. The van der Waals surface area contributed by atoms with E-state index in [1.807, 2.05) is 19.1 Å². The van der Waals surface area contributed by atoms with Crippen LogP contribution in [0.4, 0.5) is 4.39 Å². The molecule has 184 valence electrons. The highest BCUT2D eigenvalue weighted by Gasteiger charge is 2.52. The van der Waals surface area contributed by atoms with Crippen LogP contribution in [0.25, 0.3) is 0 Å². The van der Waals surface area contributed by atoms with Gasteiger partial charge >= 0.3 is 0 Å². The molecule has 0 heterocycles. The number of ether oxygens (including phenoxy) is 2.